The largest absolute Gasteiger partial charge is 0.376 e. The van der Waals surface area contributed by atoms with Crippen molar-refractivity contribution in [3.05, 3.63) is 39.9 Å². The summed E-state index contributed by atoms with van der Waals surface area (Å²) in [4.78, 5) is 22.1. The molecule has 6 nitrogen and oxygen atoms in total. The van der Waals surface area contributed by atoms with Crippen LogP contribution in [0, 0.1) is 10.1 Å². The van der Waals surface area contributed by atoms with E-state index in [4.69, 9.17) is 4.74 Å². The molecule has 0 unspecified atom stereocenters. The number of amides is 1. The summed E-state index contributed by atoms with van der Waals surface area (Å²) < 4.78 is 5.39. The molecule has 1 amide bonds. The Balaban J connectivity index is 1.89. The van der Waals surface area contributed by atoms with E-state index in [-0.39, 0.29) is 24.1 Å². The smallest absolute Gasteiger partial charge is 0.273 e. The zero-order chi connectivity index (χ0) is 13.7. The van der Waals surface area contributed by atoms with Crippen LogP contribution in [0.4, 0.5) is 5.69 Å². The number of nitro groups is 1. The number of hydrogen-bond donors (Lipinski definition) is 1. The first-order chi connectivity index (χ1) is 9.16. The van der Waals surface area contributed by atoms with E-state index in [0.29, 0.717) is 12.1 Å². The van der Waals surface area contributed by atoms with Gasteiger partial charge in [0.25, 0.3) is 5.69 Å². The summed E-state index contributed by atoms with van der Waals surface area (Å²) in [6, 6.07) is 6.29. The topological polar surface area (TPSA) is 81.5 Å². The number of carbonyl (C=O) groups excluding carboxylic acids is 1. The number of para-hydroxylation sites is 1. The first kappa shape index (κ1) is 13.5. The van der Waals surface area contributed by atoms with Crippen LogP contribution in [-0.4, -0.2) is 30.1 Å². The molecule has 0 spiro atoms. The maximum absolute atomic E-state index is 11.8. The lowest BCUT2D eigenvalue weighted by Crippen LogP contribution is -2.32. The van der Waals surface area contributed by atoms with Gasteiger partial charge in [-0.25, -0.2) is 0 Å². The maximum atomic E-state index is 11.8. The van der Waals surface area contributed by atoms with Gasteiger partial charge in [-0.05, 0) is 12.8 Å². The second-order valence-electron chi connectivity index (χ2n) is 4.50. The van der Waals surface area contributed by atoms with E-state index >= 15 is 0 Å². The van der Waals surface area contributed by atoms with Crippen LogP contribution < -0.4 is 5.32 Å². The molecule has 0 aliphatic carbocycles. The number of nitro benzene ring substituents is 1. The summed E-state index contributed by atoms with van der Waals surface area (Å²) in [6.45, 7) is 1.21. The lowest BCUT2D eigenvalue weighted by atomic mass is 10.1. The van der Waals surface area contributed by atoms with Gasteiger partial charge in [0.15, 0.2) is 0 Å². The van der Waals surface area contributed by atoms with E-state index in [9.17, 15) is 14.9 Å². The molecule has 2 rings (SSSR count). The van der Waals surface area contributed by atoms with Crippen LogP contribution >= 0.6 is 0 Å². The predicted molar refractivity (Wildman–Crippen MR) is 68.8 cm³/mol. The first-order valence-electron chi connectivity index (χ1n) is 6.27. The van der Waals surface area contributed by atoms with Gasteiger partial charge in [-0.2, -0.15) is 0 Å². The Hall–Kier alpha value is -1.95. The molecule has 1 aromatic carbocycles. The third-order valence-corrected chi connectivity index (χ3v) is 3.09. The number of rotatable bonds is 5. The number of hydrogen-bond acceptors (Lipinski definition) is 4. The summed E-state index contributed by atoms with van der Waals surface area (Å²) in [6.07, 6.45) is 2.06. The van der Waals surface area contributed by atoms with Crippen molar-refractivity contribution >= 4 is 11.6 Å². The zero-order valence-corrected chi connectivity index (χ0v) is 10.5. The standard InChI is InChI=1S/C13H16N2O4/c16-13(14-9-11-5-3-7-19-11)8-10-4-1-2-6-12(10)15(17)18/h1-2,4,6,11H,3,5,7-9H2,(H,14,16)/t11-/m0/s1. The van der Waals surface area contributed by atoms with Gasteiger partial charge in [-0.15, -0.1) is 0 Å². The van der Waals surface area contributed by atoms with Crippen LogP contribution in [0.3, 0.4) is 0 Å². The van der Waals surface area contributed by atoms with Gasteiger partial charge in [0.1, 0.15) is 0 Å². The first-order valence-corrected chi connectivity index (χ1v) is 6.27. The summed E-state index contributed by atoms with van der Waals surface area (Å²) in [5, 5.41) is 13.6. The van der Waals surface area contributed by atoms with Crippen molar-refractivity contribution in [1.29, 1.82) is 0 Å². The quantitative estimate of drug-likeness (QED) is 0.644. The van der Waals surface area contributed by atoms with E-state index in [1.807, 2.05) is 0 Å². The number of ether oxygens (including phenoxy) is 1. The molecule has 0 radical (unpaired) electrons. The van der Waals surface area contributed by atoms with Crippen LogP contribution in [0.1, 0.15) is 18.4 Å². The fourth-order valence-corrected chi connectivity index (χ4v) is 2.11. The number of carbonyl (C=O) groups is 1. The molecule has 1 aliphatic rings. The summed E-state index contributed by atoms with van der Waals surface area (Å²) >= 11 is 0. The molecule has 19 heavy (non-hydrogen) atoms. The predicted octanol–water partition coefficient (Wildman–Crippen LogP) is 1.43. The molecule has 1 saturated heterocycles. The second kappa shape index (κ2) is 6.29. The average Bonchev–Trinajstić information content (AvgIpc) is 2.90. The fourth-order valence-electron chi connectivity index (χ4n) is 2.11. The molecule has 1 aromatic rings. The molecule has 1 N–H and O–H groups in total. The van der Waals surface area contributed by atoms with E-state index in [1.54, 1.807) is 18.2 Å². The molecule has 6 heteroatoms. The van der Waals surface area contributed by atoms with E-state index in [1.165, 1.54) is 6.07 Å². The minimum absolute atomic E-state index is 0.0177. The Labute approximate surface area is 110 Å². The number of benzene rings is 1. The van der Waals surface area contributed by atoms with Gasteiger partial charge in [-0.3, -0.25) is 14.9 Å². The van der Waals surface area contributed by atoms with Crippen molar-refractivity contribution in [2.75, 3.05) is 13.2 Å². The van der Waals surface area contributed by atoms with Gasteiger partial charge >= 0.3 is 0 Å². The van der Waals surface area contributed by atoms with Gasteiger partial charge in [0.05, 0.1) is 17.4 Å². The summed E-state index contributed by atoms with van der Waals surface area (Å²) in [5.41, 5.74) is 0.409. The molecule has 0 saturated carbocycles. The van der Waals surface area contributed by atoms with Crippen molar-refractivity contribution in [3.63, 3.8) is 0 Å². The van der Waals surface area contributed by atoms with Gasteiger partial charge in [0, 0.05) is 24.8 Å². The summed E-state index contributed by atoms with van der Waals surface area (Å²) in [7, 11) is 0. The Morgan fingerprint density at radius 1 is 1.47 bits per heavy atom. The molecule has 1 heterocycles. The number of nitrogens with one attached hydrogen (secondary N) is 1. The van der Waals surface area contributed by atoms with Crippen molar-refractivity contribution in [1.82, 2.24) is 5.32 Å². The summed E-state index contributed by atoms with van der Waals surface area (Å²) in [5.74, 6) is -0.218. The number of nitrogens with zero attached hydrogens (tertiary/aromatic N) is 1. The molecular weight excluding hydrogens is 248 g/mol. The highest BCUT2D eigenvalue weighted by Crippen LogP contribution is 2.18. The highest BCUT2D eigenvalue weighted by atomic mass is 16.6. The fraction of sp³-hybridized carbons (Fsp3) is 0.462. The van der Waals surface area contributed by atoms with Crippen LogP contribution in [0.2, 0.25) is 0 Å². The molecule has 1 fully saturated rings. The van der Waals surface area contributed by atoms with E-state index < -0.39 is 4.92 Å². The van der Waals surface area contributed by atoms with Crippen LogP contribution in [0.15, 0.2) is 24.3 Å². The highest BCUT2D eigenvalue weighted by molar-refractivity contribution is 5.79. The molecule has 1 atom stereocenters. The molecular formula is C13H16N2O4. The molecule has 0 bridgehead atoms. The Kier molecular flexibility index (Phi) is 4.46. The Morgan fingerprint density at radius 2 is 2.26 bits per heavy atom. The molecule has 0 aromatic heterocycles. The third kappa shape index (κ3) is 3.75. The molecule has 1 aliphatic heterocycles. The second-order valence-corrected chi connectivity index (χ2v) is 4.50. The van der Waals surface area contributed by atoms with Gasteiger partial charge < -0.3 is 10.1 Å². The minimum Gasteiger partial charge on any atom is -0.376 e. The van der Waals surface area contributed by atoms with Crippen LogP contribution in [0.5, 0.6) is 0 Å². The molecule has 102 valence electrons. The normalized spacial score (nSPS) is 18.2. The van der Waals surface area contributed by atoms with Crippen LogP contribution in [-0.2, 0) is 16.0 Å². The Bertz CT molecular complexity index is 469. The highest BCUT2D eigenvalue weighted by Gasteiger charge is 2.18. The van der Waals surface area contributed by atoms with E-state index in [2.05, 4.69) is 5.32 Å². The zero-order valence-electron chi connectivity index (χ0n) is 10.5. The minimum atomic E-state index is -0.470. The van der Waals surface area contributed by atoms with Crippen LogP contribution in [0.25, 0.3) is 0 Å². The van der Waals surface area contributed by atoms with E-state index in [0.717, 1.165) is 19.4 Å². The lowest BCUT2D eigenvalue weighted by Gasteiger charge is -2.10. The lowest BCUT2D eigenvalue weighted by molar-refractivity contribution is -0.385. The van der Waals surface area contributed by atoms with Crippen molar-refractivity contribution < 1.29 is 14.5 Å². The SMILES string of the molecule is O=C(Cc1ccccc1[N+](=O)[O-])NC[C@@H]1CCCO1. The van der Waals surface area contributed by atoms with Crippen molar-refractivity contribution in [2.24, 2.45) is 0 Å². The maximum Gasteiger partial charge on any atom is 0.273 e. The Morgan fingerprint density at radius 3 is 2.95 bits per heavy atom. The van der Waals surface area contributed by atoms with Gasteiger partial charge in [-0.1, -0.05) is 18.2 Å². The van der Waals surface area contributed by atoms with Crippen molar-refractivity contribution in [2.45, 2.75) is 25.4 Å². The van der Waals surface area contributed by atoms with Crippen molar-refractivity contribution in [3.8, 4) is 0 Å². The van der Waals surface area contributed by atoms with Gasteiger partial charge in [0.2, 0.25) is 5.91 Å². The monoisotopic (exact) mass is 264 g/mol. The average molecular weight is 264 g/mol. The third-order valence-electron chi connectivity index (χ3n) is 3.09.